The lowest BCUT2D eigenvalue weighted by Crippen LogP contribution is -2.24. The van der Waals surface area contributed by atoms with Crippen molar-refractivity contribution in [3.63, 3.8) is 0 Å². The minimum Gasteiger partial charge on any atom is -0.370 e. The van der Waals surface area contributed by atoms with Crippen molar-refractivity contribution in [2.45, 2.75) is 26.8 Å². The van der Waals surface area contributed by atoms with Gasteiger partial charge in [-0.05, 0) is 48.3 Å². The summed E-state index contributed by atoms with van der Waals surface area (Å²) in [4.78, 5) is 4.21. The Bertz CT molecular complexity index is 372. The molecule has 1 aromatic rings. The summed E-state index contributed by atoms with van der Waals surface area (Å²) in [5.74, 6) is 0.441. The Kier molecular flexibility index (Phi) is 4.15. The number of halogens is 1. The van der Waals surface area contributed by atoms with Crippen LogP contribution in [0.3, 0.4) is 0 Å². The monoisotopic (exact) mass is 269 g/mol. The van der Waals surface area contributed by atoms with Crippen LogP contribution >= 0.6 is 15.9 Å². The SMILES string of the molecule is Cc1cccc(NC(N)=NC(C)C)c1Br. The second-order valence-electron chi connectivity index (χ2n) is 3.67. The molecular formula is C11H16BrN3. The number of aliphatic imine (C=N–C) groups is 1. The molecule has 1 rings (SSSR count). The zero-order valence-electron chi connectivity index (χ0n) is 9.21. The molecule has 0 aliphatic rings. The maximum atomic E-state index is 5.74. The zero-order valence-corrected chi connectivity index (χ0v) is 10.8. The predicted octanol–water partition coefficient (Wildman–Crippen LogP) is 2.89. The summed E-state index contributed by atoms with van der Waals surface area (Å²) in [6.45, 7) is 6.00. The molecule has 0 spiro atoms. The Hall–Kier alpha value is -1.03. The summed E-state index contributed by atoms with van der Waals surface area (Å²) in [5, 5.41) is 3.06. The molecule has 0 saturated heterocycles. The summed E-state index contributed by atoms with van der Waals surface area (Å²) in [7, 11) is 0. The molecule has 0 amide bonds. The van der Waals surface area contributed by atoms with E-state index in [0.717, 1.165) is 15.7 Å². The van der Waals surface area contributed by atoms with Gasteiger partial charge in [-0.15, -0.1) is 0 Å². The molecule has 0 aromatic heterocycles. The molecule has 0 fully saturated rings. The van der Waals surface area contributed by atoms with Gasteiger partial charge >= 0.3 is 0 Å². The van der Waals surface area contributed by atoms with Crippen LogP contribution in [0, 0.1) is 6.92 Å². The quantitative estimate of drug-likeness (QED) is 0.641. The lowest BCUT2D eigenvalue weighted by molar-refractivity contribution is 0.833. The molecule has 4 heteroatoms. The van der Waals surface area contributed by atoms with Crippen molar-refractivity contribution in [2.24, 2.45) is 10.7 Å². The van der Waals surface area contributed by atoms with Crippen molar-refractivity contribution in [2.75, 3.05) is 5.32 Å². The Labute approximate surface area is 98.9 Å². The molecule has 0 aliphatic carbocycles. The lowest BCUT2D eigenvalue weighted by Gasteiger charge is -2.10. The normalized spacial score (nSPS) is 11.9. The van der Waals surface area contributed by atoms with Crippen LogP contribution in [0.4, 0.5) is 5.69 Å². The van der Waals surface area contributed by atoms with Crippen molar-refractivity contribution in [3.8, 4) is 0 Å². The fourth-order valence-corrected chi connectivity index (χ4v) is 1.56. The molecule has 3 N–H and O–H groups in total. The molecular weight excluding hydrogens is 254 g/mol. The van der Waals surface area contributed by atoms with Crippen molar-refractivity contribution < 1.29 is 0 Å². The van der Waals surface area contributed by atoms with E-state index in [1.807, 2.05) is 39.0 Å². The number of nitrogens with zero attached hydrogens (tertiary/aromatic N) is 1. The molecule has 0 heterocycles. The predicted molar refractivity (Wildman–Crippen MR) is 69.3 cm³/mol. The number of nitrogens with one attached hydrogen (secondary N) is 1. The second kappa shape index (κ2) is 5.16. The number of hydrogen-bond acceptors (Lipinski definition) is 1. The van der Waals surface area contributed by atoms with Gasteiger partial charge < -0.3 is 11.1 Å². The van der Waals surface area contributed by atoms with Gasteiger partial charge in [0.15, 0.2) is 5.96 Å². The van der Waals surface area contributed by atoms with Crippen LogP contribution in [0.5, 0.6) is 0 Å². The van der Waals surface area contributed by atoms with Gasteiger partial charge in [0.05, 0.1) is 5.69 Å². The molecule has 15 heavy (non-hydrogen) atoms. The minimum atomic E-state index is 0.195. The highest BCUT2D eigenvalue weighted by Crippen LogP contribution is 2.25. The first kappa shape index (κ1) is 12.0. The first-order valence-corrected chi connectivity index (χ1v) is 5.65. The average molecular weight is 270 g/mol. The Morgan fingerprint density at radius 1 is 1.47 bits per heavy atom. The summed E-state index contributed by atoms with van der Waals surface area (Å²) in [5.41, 5.74) is 7.85. The van der Waals surface area contributed by atoms with Gasteiger partial charge in [-0.25, -0.2) is 0 Å². The number of nitrogens with two attached hydrogens (primary N) is 1. The topological polar surface area (TPSA) is 50.4 Å². The van der Waals surface area contributed by atoms with Gasteiger partial charge in [0, 0.05) is 10.5 Å². The van der Waals surface area contributed by atoms with E-state index in [0.29, 0.717) is 5.96 Å². The van der Waals surface area contributed by atoms with Gasteiger partial charge in [0.2, 0.25) is 0 Å². The fourth-order valence-electron chi connectivity index (χ4n) is 1.19. The van der Waals surface area contributed by atoms with E-state index in [1.165, 1.54) is 0 Å². The van der Waals surface area contributed by atoms with Gasteiger partial charge in [-0.3, -0.25) is 4.99 Å². The lowest BCUT2D eigenvalue weighted by atomic mass is 10.2. The fraction of sp³-hybridized carbons (Fsp3) is 0.364. The van der Waals surface area contributed by atoms with E-state index in [9.17, 15) is 0 Å². The third kappa shape index (κ3) is 3.55. The van der Waals surface area contributed by atoms with Crippen LogP contribution in [0.1, 0.15) is 19.4 Å². The number of rotatable bonds is 2. The van der Waals surface area contributed by atoms with Crippen molar-refractivity contribution in [1.29, 1.82) is 0 Å². The number of guanidine groups is 1. The average Bonchev–Trinajstić information content (AvgIpc) is 2.11. The third-order valence-corrected chi connectivity index (χ3v) is 2.90. The Balaban J connectivity index is 2.86. The maximum Gasteiger partial charge on any atom is 0.193 e. The van der Waals surface area contributed by atoms with Crippen LogP contribution in [-0.2, 0) is 0 Å². The number of aryl methyl sites for hydroxylation is 1. The standard InChI is InChI=1S/C11H16BrN3/c1-7(2)14-11(13)15-9-6-4-5-8(3)10(9)12/h4-7H,1-3H3,(H3,13,14,15). The molecule has 1 aromatic carbocycles. The Morgan fingerprint density at radius 2 is 2.13 bits per heavy atom. The third-order valence-electron chi connectivity index (χ3n) is 1.85. The summed E-state index contributed by atoms with van der Waals surface area (Å²) < 4.78 is 1.02. The largest absolute Gasteiger partial charge is 0.370 e. The number of anilines is 1. The van der Waals surface area contributed by atoms with Gasteiger partial charge in [0.1, 0.15) is 0 Å². The molecule has 82 valence electrons. The summed E-state index contributed by atoms with van der Waals surface area (Å²) in [6, 6.07) is 6.16. The van der Waals surface area contributed by atoms with E-state index in [4.69, 9.17) is 5.73 Å². The first-order valence-electron chi connectivity index (χ1n) is 4.86. The van der Waals surface area contributed by atoms with E-state index in [2.05, 4.69) is 26.2 Å². The molecule has 0 saturated carbocycles. The summed E-state index contributed by atoms with van der Waals surface area (Å²) >= 11 is 3.50. The molecule has 0 unspecified atom stereocenters. The van der Waals surface area contributed by atoms with Crippen LogP contribution in [-0.4, -0.2) is 12.0 Å². The molecule has 0 radical (unpaired) electrons. The highest BCUT2D eigenvalue weighted by molar-refractivity contribution is 9.10. The molecule has 0 aliphatic heterocycles. The molecule has 3 nitrogen and oxygen atoms in total. The van der Waals surface area contributed by atoms with E-state index in [-0.39, 0.29) is 6.04 Å². The number of hydrogen-bond donors (Lipinski definition) is 2. The van der Waals surface area contributed by atoms with Gasteiger partial charge in [0.25, 0.3) is 0 Å². The highest BCUT2D eigenvalue weighted by Gasteiger charge is 2.03. The minimum absolute atomic E-state index is 0.195. The molecule has 0 atom stereocenters. The number of benzene rings is 1. The summed E-state index contributed by atoms with van der Waals surface area (Å²) in [6.07, 6.45) is 0. The zero-order chi connectivity index (χ0) is 11.4. The van der Waals surface area contributed by atoms with Crippen LogP contribution < -0.4 is 11.1 Å². The van der Waals surface area contributed by atoms with Crippen molar-refractivity contribution in [3.05, 3.63) is 28.2 Å². The van der Waals surface area contributed by atoms with Crippen LogP contribution in [0.25, 0.3) is 0 Å². The van der Waals surface area contributed by atoms with E-state index in [1.54, 1.807) is 0 Å². The van der Waals surface area contributed by atoms with E-state index < -0.39 is 0 Å². The molecule has 0 bridgehead atoms. The first-order chi connectivity index (χ1) is 7.00. The smallest absolute Gasteiger partial charge is 0.193 e. The van der Waals surface area contributed by atoms with Crippen molar-refractivity contribution in [1.82, 2.24) is 0 Å². The maximum absolute atomic E-state index is 5.74. The Morgan fingerprint density at radius 3 is 2.73 bits per heavy atom. The van der Waals surface area contributed by atoms with Crippen LogP contribution in [0.2, 0.25) is 0 Å². The van der Waals surface area contributed by atoms with E-state index >= 15 is 0 Å². The van der Waals surface area contributed by atoms with Crippen LogP contribution in [0.15, 0.2) is 27.7 Å². The van der Waals surface area contributed by atoms with Crippen molar-refractivity contribution >= 4 is 27.6 Å². The second-order valence-corrected chi connectivity index (χ2v) is 4.46. The van der Waals surface area contributed by atoms with Gasteiger partial charge in [-0.2, -0.15) is 0 Å². The highest BCUT2D eigenvalue weighted by atomic mass is 79.9. The van der Waals surface area contributed by atoms with Gasteiger partial charge in [-0.1, -0.05) is 12.1 Å².